The topological polar surface area (TPSA) is 116 Å². The van der Waals surface area contributed by atoms with E-state index in [1.165, 1.54) is 33.4 Å². The van der Waals surface area contributed by atoms with Crippen LogP contribution in [0.5, 0.6) is 0 Å². The summed E-state index contributed by atoms with van der Waals surface area (Å²) in [7, 11) is 1.75. The summed E-state index contributed by atoms with van der Waals surface area (Å²) in [6.45, 7) is 2.34. The van der Waals surface area contributed by atoms with Gasteiger partial charge in [-0.1, -0.05) is 49.2 Å². The first-order valence-electron chi connectivity index (χ1n) is 13.7. The Morgan fingerprint density at radius 3 is 2.35 bits per heavy atom. The Kier molecular flexibility index (Phi) is 8.50. The van der Waals surface area contributed by atoms with Crippen LogP contribution in [0.4, 0.5) is 5.13 Å². The fourth-order valence-corrected chi connectivity index (χ4v) is 7.70. The van der Waals surface area contributed by atoms with Gasteiger partial charge >= 0.3 is 0 Å². The highest BCUT2D eigenvalue weighted by Crippen LogP contribution is 2.36. The van der Waals surface area contributed by atoms with Crippen LogP contribution in [-0.4, -0.2) is 91.6 Å². The molecular weight excluding hydrogens is 548 g/mol. The lowest BCUT2D eigenvalue weighted by molar-refractivity contribution is -0.118. The lowest BCUT2D eigenvalue weighted by Gasteiger charge is -2.31. The van der Waals surface area contributed by atoms with Crippen molar-refractivity contribution in [3.8, 4) is 0 Å². The van der Waals surface area contributed by atoms with E-state index in [2.05, 4.69) is 20.2 Å². The third kappa shape index (κ3) is 6.19. The molecule has 0 bridgehead atoms. The summed E-state index contributed by atoms with van der Waals surface area (Å²) in [6.07, 6.45) is 5.21. The summed E-state index contributed by atoms with van der Waals surface area (Å²) in [6, 6.07) is 10.2. The Morgan fingerprint density at radius 2 is 1.70 bits per heavy atom. The molecule has 1 aromatic carbocycles. The molecule has 3 aromatic rings. The van der Waals surface area contributed by atoms with E-state index < -0.39 is 15.9 Å². The number of hydrogen-bond donors (Lipinski definition) is 1. The Bertz CT molecular complexity index is 1470. The number of fused-ring (bicyclic) bond motifs is 1. The fraction of sp³-hybridized carbons (Fsp3) is 0.500. The van der Waals surface area contributed by atoms with Crippen LogP contribution in [0.3, 0.4) is 0 Å². The van der Waals surface area contributed by atoms with Gasteiger partial charge in [0.1, 0.15) is 16.0 Å². The number of aromatic nitrogens is 2. The summed E-state index contributed by atoms with van der Waals surface area (Å²) in [4.78, 5) is 39.3. The van der Waals surface area contributed by atoms with Crippen LogP contribution in [0, 0.1) is 5.92 Å². The van der Waals surface area contributed by atoms with Crippen LogP contribution in [0.1, 0.15) is 54.1 Å². The van der Waals surface area contributed by atoms with Crippen molar-refractivity contribution < 1.29 is 18.0 Å². The number of nitrogens with zero attached hydrogens (tertiary/aromatic N) is 5. The summed E-state index contributed by atoms with van der Waals surface area (Å²) < 4.78 is 27.9. The van der Waals surface area contributed by atoms with E-state index in [-0.39, 0.29) is 16.7 Å². The van der Waals surface area contributed by atoms with Crippen LogP contribution in [0.2, 0.25) is 0 Å². The number of likely N-dealkylation sites (N-methyl/N-ethyl adjacent to an activating group) is 1. The minimum atomic E-state index is -3.59. The van der Waals surface area contributed by atoms with Crippen molar-refractivity contribution in [2.24, 2.45) is 5.92 Å². The Morgan fingerprint density at radius 1 is 1.02 bits per heavy atom. The van der Waals surface area contributed by atoms with Gasteiger partial charge in [0.05, 0.1) is 10.8 Å². The second-order valence-electron chi connectivity index (χ2n) is 10.9. The van der Waals surface area contributed by atoms with E-state index in [4.69, 9.17) is 0 Å². The number of thiazole rings is 1. The predicted molar refractivity (Wildman–Crippen MR) is 156 cm³/mol. The summed E-state index contributed by atoms with van der Waals surface area (Å²) in [5, 5.41) is 3.40. The van der Waals surface area contributed by atoms with Gasteiger partial charge in [0.25, 0.3) is 5.91 Å². The Labute approximate surface area is 239 Å². The lowest BCUT2D eigenvalue weighted by Crippen LogP contribution is -2.47. The summed E-state index contributed by atoms with van der Waals surface area (Å²) in [5.74, 6) is -0.365. The molecular formula is C28H36N6O4S2. The molecule has 40 heavy (non-hydrogen) atoms. The number of carbonyl (C=O) groups is 2. The monoisotopic (exact) mass is 584 g/mol. The molecule has 1 aliphatic heterocycles. The minimum absolute atomic E-state index is 0.176. The van der Waals surface area contributed by atoms with Gasteiger partial charge in [0.2, 0.25) is 15.9 Å². The minimum Gasteiger partial charge on any atom is -0.343 e. The number of anilines is 1. The zero-order chi connectivity index (χ0) is 28.4. The van der Waals surface area contributed by atoms with Crippen LogP contribution < -0.4 is 5.32 Å². The Hall–Kier alpha value is -2.93. The molecule has 2 fully saturated rings. The first kappa shape index (κ1) is 28.6. The summed E-state index contributed by atoms with van der Waals surface area (Å²) >= 11 is 1.23. The van der Waals surface area contributed by atoms with Gasteiger partial charge in [-0.2, -0.15) is 4.31 Å². The molecule has 0 unspecified atom stereocenters. The van der Waals surface area contributed by atoms with Gasteiger partial charge in [-0.05, 0) is 49.2 Å². The van der Waals surface area contributed by atoms with Crippen molar-refractivity contribution in [1.29, 1.82) is 0 Å². The van der Waals surface area contributed by atoms with Gasteiger partial charge < -0.3 is 15.1 Å². The zero-order valence-electron chi connectivity index (χ0n) is 23.2. The van der Waals surface area contributed by atoms with E-state index in [0.717, 1.165) is 18.4 Å². The van der Waals surface area contributed by atoms with E-state index in [9.17, 15) is 18.0 Å². The maximum absolute atomic E-state index is 13.6. The number of pyridine rings is 1. The molecule has 5 rings (SSSR count). The smallest absolute Gasteiger partial charge is 0.271 e. The number of hydrogen-bond acceptors (Lipinski definition) is 8. The van der Waals surface area contributed by atoms with Crippen molar-refractivity contribution >= 4 is 48.7 Å². The van der Waals surface area contributed by atoms with Crippen LogP contribution in [0.25, 0.3) is 10.3 Å². The highest BCUT2D eigenvalue weighted by molar-refractivity contribution is 7.89. The van der Waals surface area contributed by atoms with Crippen molar-refractivity contribution in [3.05, 3.63) is 47.7 Å². The number of sulfonamides is 1. The number of rotatable bonds is 8. The first-order chi connectivity index (χ1) is 19.1. The van der Waals surface area contributed by atoms with Gasteiger partial charge in [0, 0.05) is 40.3 Å². The van der Waals surface area contributed by atoms with Crippen LogP contribution >= 0.6 is 11.3 Å². The standard InChI is InChI=1S/C28H36N6O4S2/c1-32(2)27(36)24-13-12-23-26(29-24)39-28(30-23)31-25(35)22(18-19-6-4-5-7-19)20-8-10-21(11-9-20)40(37,38)34-16-14-33(3)15-17-34/h8-13,19,22H,4-7,14-18H2,1-3H3,(H,30,31,35)/t22-/m1/s1. The molecule has 3 heterocycles. The molecule has 1 atom stereocenters. The molecule has 2 amide bonds. The molecule has 1 aliphatic carbocycles. The third-order valence-corrected chi connectivity index (χ3v) is 10.6. The van der Waals surface area contributed by atoms with Gasteiger partial charge in [0.15, 0.2) is 5.13 Å². The molecule has 214 valence electrons. The normalized spacial score (nSPS) is 18.2. The molecule has 0 radical (unpaired) electrons. The van der Waals surface area contributed by atoms with Gasteiger partial charge in [-0.15, -0.1) is 0 Å². The van der Waals surface area contributed by atoms with Crippen LogP contribution in [0.15, 0.2) is 41.3 Å². The largest absolute Gasteiger partial charge is 0.343 e. The molecule has 1 saturated carbocycles. The number of carbonyl (C=O) groups excluding carboxylic acids is 2. The quantitative estimate of drug-likeness (QED) is 0.430. The lowest BCUT2D eigenvalue weighted by atomic mass is 9.87. The average molecular weight is 585 g/mol. The maximum atomic E-state index is 13.6. The molecule has 2 aliphatic rings. The average Bonchev–Trinajstić information content (AvgIpc) is 3.60. The van der Waals surface area contributed by atoms with E-state index in [1.54, 1.807) is 50.5 Å². The molecule has 1 saturated heterocycles. The molecule has 2 aromatic heterocycles. The van der Waals surface area contributed by atoms with Crippen molar-refractivity contribution in [1.82, 2.24) is 24.1 Å². The number of benzene rings is 1. The van der Waals surface area contributed by atoms with E-state index >= 15 is 0 Å². The van der Waals surface area contributed by atoms with E-state index in [1.807, 2.05) is 7.05 Å². The highest BCUT2D eigenvalue weighted by atomic mass is 32.2. The first-order valence-corrected chi connectivity index (χ1v) is 16.0. The van der Waals surface area contributed by atoms with E-state index in [0.29, 0.717) is 59.7 Å². The van der Waals surface area contributed by atoms with Crippen molar-refractivity contribution in [3.63, 3.8) is 0 Å². The van der Waals surface area contributed by atoms with Gasteiger partial charge in [-0.3, -0.25) is 9.59 Å². The predicted octanol–water partition coefficient (Wildman–Crippen LogP) is 3.63. The SMILES string of the molecule is CN1CCN(S(=O)(=O)c2ccc([C@@H](CC3CCCC3)C(=O)Nc3nc4ccc(C(=O)N(C)C)nc4s3)cc2)CC1. The maximum Gasteiger partial charge on any atom is 0.271 e. The third-order valence-electron chi connectivity index (χ3n) is 7.85. The second kappa shape index (κ2) is 11.9. The van der Waals surface area contributed by atoms with Crippen LogP contribution in [-0.2, 0) is 14.8 Å². The number of piperazine rings is 1. The second-order valence-corrected chi connectivity index (χ2v) is 13.9. The highest BCUT2D eigenvalue weighted by Gasteiger charge is 2.30. The van der Waals surface area contributed by atoms with Crippen molar-refractivity contribution in [2.75, 3.05) is 52.6 Å². The summed E-state index contributed by atoms with van der Waals surface area (Å²) in [5.41, 5.74) is 1.73. The van der Waals surface area contributed by atoms with Crippen molar-refractivity contribution in [2.45, 2.75) is 42.9 Å². The molecule has 1 N–H and O–H groups in total. The zero-order valence-corrected chi connectivity index (χ0v) is 24.8. The molecule has 12 heteroatoms. The molecule has 0 spiro atoms. The fourth-order valence-electron chi connectivity index (χ4n) is 5.43. The number of nitrogens with one attached hydrogen (secondary N) is 1. The Balaban J connectivity index is 1.36. The number of amides is 2. The van der Waals surface area contributed by atoms with Gasteiger partial charge in [-0.25, -0.2) is 18.4 Å². The molecule has 10 nitrogen and oxygen atoms in total.